The first kappa shape index (κ1) is 8.03. The maximum Gasteiger partial charge on any atom is 0.294 e. The lowest BCUT2D eigenvalue weighted by atomic mass is 10.3. The van der Waals surface area contributed by atoms with Gasteiger partial charge in [-0.25, -0.2) is 0 Å². The van der Waals surface area contributed by atoms with Gasteiger partial charge in [0.05, 0.1) is 4.90 Å². The minimum absolute atomic E-state index is 0.194. The van der Waals surface area contributed by atoms with Crippen molar-refractivity contribution in [1.82, 2.24) is 0 Å². The lowest BCUT2D eigenvalue weighted by molar-refractivity contribution is 0.466. The first-order valence-corrected chi connectivity index (χ1v) is 4.21. The van der Waals surface area contributed by atoms with Crippen LogP contribution in [0.1, 0.15) is 0 Å². The summed E-state index contributed by atoms with van der Waals surface area (Å²) in [5.41, 5.74) is 0. The third kappa shape index (κ3) is 1.92. The summed E-state index contributed by atoms with van der Waals surface area (Å²) < 4.78 is 29.3. The van der Waals surface area contributed by atoms with Gasteiger partial charge in [-0.2, -0.15) is 8.42 Å². The fourth-order valence-corrected chi connectivity index (χ4v) is 1.16. The van der Waals surface area contributed by atoms with Gasteiger partial charge in [0, 0.05) is 6.07 Å². The molecule has 0 saturated carbocycles. The van der Waals surface area contributed by atoms with Gasteiger partial charge in [0.1, 0.15) is 5.75 Å². The van der Waals surface area contributed by atoms with Crippen LogP contribution in [0.15, 0.2) is 29.2 Å². The van der Waals surface area contributed by atoms with Crippen LogP contribution in [0.25, 0.3) is 0 Å². The fourth-order valence-electron chi connectivity index (χ4n) is 0.644. The molecule has 5 heteroatoms. The minimum atomic E-state index is -4.19. The molecule has 0 spiro atoms. The number of phenolic OH excluding ortho intramolecular Hbond substituents is 1. The van der Waals surface area contributed by atoms with Gasteiger partial charge in [0.2, 0.25) is 0 Å². The van der Waals surface area contributed by atoms with Crippen molar-refractivity contribution in [3.05, 3.63) is 24.3 Å². The lowest BCUT2D eigenvalue weighted by Gasteiger charge is -1.95. The predicted molar refractivity (Wildman–Crippen MR) is 37.9 cm³/mol. The van der Waals surface area contributed by atoms with E-state index in [-0.39, 0.29) is 10.6 Å². The molecule has 1 rings (SSSR count). The van der Waals surface area contributed by atoms with E-state index in [1.165, 1.54) is 18.2 Å². The van der Waals surface area contributed by atoms with E-state index < -0.39 is 10.1 Å². The van der Waals surface area contributed by atoms with E-state index in [0.29, 0.717) is 0 Å². The van der Waals surface area contributed by atoms with Crippen LogP contribution in [0.4, 0.5) is 0 Å². The van der Waals surface area contributed by atoms with Crippen molar-refractivity contribution in [2.75, 3.05) is 0 Å². The molecule has 0 aliphatic rings. The smallest absolute Gasteiger partial charge is 0.294 e. The minimum Gasteiger partial charge on any atom is -0.508 e. The lowest BCUT2D eigenvalue weighted by Crippen LogP contribution is -1.96. The van der Waals surface area contributed by atoms with Crippen LogP contribution < -0.4 is 0 Å². The van der Waals surface area contributed by atoms with E-state index in [1.54, 1.807) is 0 Å². The van der Waals surface area contributed by atoms with Crippen molar-refractivity contribution < 1.29 is 18.1 Å². The molecule has 1 aromatic rings. The Morgan fingerprint density at radius 1 is 1.27 bits per heavy atom. The Labute approximate surface area is 63.9 Å². The maximum absolute atomic E-state index is 10.4. The molecule has 0 aliphatic heterocycles. The molecule has 0 aliphatic carbocycles. The molecule has 4 nitrogen and oxygen atoms in total. The number of rotatable bonds is 1. The molecule has 0 radical (unpaired) electrons. The van der Waals surface area contributed by atoms with E-state index in [1.807, 2.05) is 0 Å². The van der Waals surface area contributed by atoms with Gasteiger partial charge in [-0.05, 0) is 12.1 Å². The summed E-state index contributed by atoms with van der Waals surface area (Å²) >= 11 is 0. The van der Waals surface area contributed by atoms with Crippen LogP contribution in [0.5, 0.6) is 5.75 Å². The van der Waals surface area contributed by atoms with E-state index in [4.69, 9.17) is 9.66 Å². The standard InChI is InChI=1S/C6H6O4S/c7-5-2-1-3-6(4-5)11(8,9)10/h1-4,7H,(H,8,9,10). The molecule has 0 saturated heterocycles. The van der Waals surface area contributed by atoms with Crippen molar-refractivity contribution in [2.24, 2.45) is 0 Å². The molecule has 60 valence electrons. The van der Waals surface area contributed by atoms with Gasteiger partial charge in [-0.1, -0.05) is 6.07 Å². The van der Waals surface area contributed by atoms with Crippen molar-refractivity contribution in [3.63, 3.8) is 0 Å². The second-order valence-corrected chi connectivity index (χ2v) is 3.39. The van der Waals surface area contributed by atoms with Crippen LogP contribution in [-0.2, 0) is 10.1 Å². The third-order valence-corrected chi connectivity index (χ3v) is 1.97. The van der Waals surface area contributed by atoms with Gasteiger partial charge in [0.25, 0.3) is 10.1 Å². The highest BCUT2D eigenvalue weighted by Crippen LogP contribution is 2.14. The van der Waals surface area contributed by atoms with Crippen LogP contribution in [0, 0.1) is 0 Å². The Balaban J connectivity index is 3.28. The first-order valence-electron chi connectivity index (χ1n) is 2.77. The molecule has 0 fully saturated rings. The summed E-state index contributed by atoms with van der Waals surface area (Å²) in [4.78, 5) is -0.308. The van der Waals surface area contributed by atoms with Crippen LogP contribution in [0.3, 0.4) is 0 Å². The van der Waals surface area contributed by atoms with Crippen LogP contribution in [-0.4, -0.2) is 18.1 Å². The second kappa shape index (κ2) is 2.52. The van der Waals surface area contributed by atoms with Gasteiger partial charge in [-0.3, -0.25) is 4.55 Å². The molecule has 11 heavy (non-hydrogen) atoms. The van der Waals surface area contributed by atoms with E-state index >= 15 is 0 Å². The number of phenols is 1. The molecule has 2 N–H and O–H groups in total. The van der Waals surface area contributed by atoms with Gasteiger partial charge < -0.3 is 5.11 Å². The quantitative estimate of drug-likeness (QED) is 0.612. The second-order valence-electron chi connectivity index (χ2n) is 1.97. The topological polar surface area (TPSA) is 74.6 Å². The molecule has 0 atom stereocenters. The van der Waals surface area contributed by atoms with E-state index in [9.17, 15) is 8.42 Å². The Morgan fingerprint density at radius 3 is 2.27 bits per heavy atom. The Kier molecular flexibility index (Phi) is 1.84. The summed E-state index contributed by atoms with van der Waals surface area (Å²) in [6.07, 6.45) is 0. The van der Waals surface area contributed by atoms with Crippen molar-refractivity contribution in [1.29, 1.82) is 0 Å². The normalized spacial score (nSPS) is 11.4. The molecule has 0 aromatic heterocycles. The van der Waals surface area contributed by atoms with E-state index in [0.717, 1.165) is 6.07 Å². The SMILES string of the molecule is O=S(=O)(O)c1cccc(O)c1. The highest BCUT2D eigenvalue weighted by molar-refractivity contribution is 7.85. The largest absolute Gasteiger partial charge is 0.508 e. The number of aromatic hydroxyl groups is 1. The number of hydrogen-bond acceptors (Lipinski definition) is 3. The molecular weight excluding hydrogens is 168 g/mol. The molecule has 0 heterocycles. The highest BCUT2D eigenvalue weighted by atomic mass is 32.2. The van der Waals surface area contributed by atoms with Gasteiger partial charge in [0.15, 0.2) is 0 Å². The molecule has 0 bridgehead atoms. The summed E-state index contributed by atoms with van der Waals surface area (Å²) in [6, 6.07) is 4.80. The predicted octanol–water partition coefficient (Wildman–Crippen LogP) is 0.639. The fraction of sp³-hybridized carbons (Fsp3) is 0. The zero-order valence-electron chi connectivity index (χ0n) is 5.43. The summed E-state index contributed by atoms with van der Waals surface area (Å²) in [5, 5.41) is 8.80. The van der Waals surface area contributed by atoms with Gasteiger partial charge >= 0.3 is 0 Å². The summed E-state index contributed by atoms with van der Waals surface area (Å²) in [6.45, 7) is 0. The first-order chi connectivity index (χ1) is 5.00. The number of hydrogen-bond donors (Lipinski definition) is 2. The summed E-state index contributed by atoms with van der Waals surface area (Å²) in [7, 11) is -4.19. The third-order valence-electron chi connectivity index (χ3n) is 1.12. The number of benzene rings is 1. The molecular formula is C6H6O4S. The van der Waals surface area contributed by atoms with Crippen molar-refractivity contribution >= 4 is 10.1 Å². The monoisotopic (exact) mass is 174 g/mol. The maximum atomic E-state index is 10.4. The van der Waals surface area contributed by atoms with Crippen LogP contribution in [0.2, 0.25) is 0 Å². The zero-order valence-corrected chi connectivity index (χ0v) is 6.25. The van der Waals surface area contributed by atoms with Gasteiger partial charge in [-0.15, -0.1) is 0 Å². The molecule has 1 aromatic carbocycles. The molecule has 0 amide bonds. The average Bonchev–Trinajstić information content (AvgIpc) is 1.86. The average molecular weight is 174 g/mol. The Bertz CT molecular complexity index is 355. The van der Waals surface area contributed by atoms with Crippen molar-refractivity contribution in [3.8, 4) is 5.75 Å². The van der Waals surface area contributed by atoms with Crippen molar-refractivity contribution in [2.45, 2.75) is 4.90 Å². The zero-order chi connectivity index (χ0) is 8.48. The van der Waals surface area contributed by atoms with E-state index in [2.05, 4.69) is 0 Å². The highest BCUT2D eigenvalue weighted by Gasteiger charge is 2.08. The molecule has 0 unspecified atom stereocenters. The Morgan fingerprint density at radius 2 is 1.91 bits per heavy atom. The Hall–Kier alpha value is -1.07. The summed E-state index contributed by atoms with van der Waals surface area (Å²) in [5.74, 6) is -0.194. The van der Waals surface area contributed by atoms with Crippen LogP contribution >= 0.6 is 0 Å².